The largest absolute Gasteiger partial charge is 0.490 e. The number of benzene rings is 1. The van der Waals surface area contributed by atoms with Crippen molar-refractivity contribution >= 4 is 57.5 Å². The number of amides is 2. The lowest BCUT2D eigenvalue weighted by molar-refractivity contribution is -0.139. The van der Waals surface area contributed by atoms with E-state index in [1.54, 1.807) is 25.1 Å². The summed E-state index contributed by atoms with van der Waals surface area (Å²) < 4.78 is 11.4. The molecule has 1 fully saturated rings. The third kappa shape index (κ3) is 4.70. The van der Waals surface area contributed by atoms with Crippen molar-refractivity contribution in [3.63, 3.8) is 0 Å². The zero-order chi connectivity index (χ0) is 19.3. The summed E-state index contributed by atoms with van der Waals surface area (Å²) in [6.07, 6.45) is 6.73. The maximum Gasteiger partial charge on any atom is 0.341 e. The van der Waals surface area contributed by atoms with E-state index in [2.05, 4.69) is 5.92 Å². The fraction of sp³-hybridized carbons (Fsp3) is 0.235. The molecule has 2 amide bonds. The number of carboxylic acid groups (broad SMARTS) is 1. The van der Waals surface area contributed by atoms with Gasteiger partial charge in [0.05, 0.1) is 21.6 Å². The van der Waals surface area contributed by atoms with Crippen LogP contribution in [0.1, 0.15) is 12.5 Å². The van der Waals surface area contributed by atoms with Gasteiger partial charge in [-0.15, -0.1) is 6.42 Å². The summed E-state index contributed by atoms with van der Waals surface area (Å²) in [4.78, 5) is 36.1. The molecule has 0 aromatic heterocycles. The second-order valence-electron chi connectivity index (χ2n) is 4.92. The average molecular weight is 487 g/mol. The van der Waals surface area contributed by atoms with Gasteiger partial charge in [0.15, 0.2) is 18.1 Å². The van der Waals surface area contributed by atoms with Crippen LogP contribution in [0.3, 0.4) is 0 Å². The van der Waals surface area contributed by atoms with Gasteiger partial charge in [0.2, 0.25) is 0 Å². The van der Waals surface area contributed by atoms with E-state index in [0.717, 1.165) is 16.7 Å². The summed E-state index contributed by atoms with van der Waals surface area (Å²) in [5, 5.41) is 8.37. The van der Waals surface area contributed by atoms with Crippen molar-refractivity contribution in [2.45, 2.75) is 6.92 Å². The number of aliphatic carboxylic acids is 1. The van der Waals surface area contributed by atoms with Gasteiger partial charge >= 0.3 is 5.97 Å². The molecule has 1 aliphatic heterocycles. The van der Waals surface area contributed by atoms with Gasteiger partial charge in [0.1, 0.15) is 0 Å². The van der Waals surface area contributed by atoms with E-state index in [-0.39, 0.29) is 11.4 Å². The molecule has 2 rings (SSSR count). The van der Waals surface area contributed by atoms with Gasteiger partial charge in [-0.1, -0.05) is 5.92 Å². The number of nitrogens with zero attached hydrogens (tertiary/aromatic N) is 1. The van der Waals surface area contributed by atoms with E-state index in [9.17, 15) is 14.4 Å². The Morgan fingerprint density at radius 2 is 2.15 bits per heavy atom. The molecular formula is C17H14INO6S. The Balaban J connectivity index is 2.36. The molecule has 0 saturated carbocycles. The van der Waals surface area contributed by atoms with E-state index >= 15 is 0 Å². The smallest absolute Gasteiger partial charge is 0.341 e. The number of thioether (sulfide) groups is 1. The van der Waals surface area contributed by atoms with Crippen LogP contribution in [0.4, 0.5) is 4.79 Å². The summed E-state index contributed by atoms with van der Waals surface area (Å²) in [6.45, 7) is 1.56. The first-order chi connectivity index (χ1) is 12.4. The van der Waals surface area contributed by atoms with Gasteiger partial charge in [0.25, 0.3) is 11.1 Å². The molecule has 1 aromatic carbocycles. The van der Waals surface area contributed by atoms with E-state index in [4.69, 9.17) is 21.0 Å². The molecule has 1 aliphatic rings. The third-order valence-corrected chi connectivity index (χ3v) is 4.80. The summed E-state index contributed by atoms with van der Waals surface area (Å²) in [5.74, 6) is 1.40. The maximum absolute atomic E-state index is 12.2. The summed E-state index contributed by atoms with van der Waals surface area (Å²) in [7, 11) is 0. The van der Waals surface area contributed by atoms with Crippen LogP contribution in [0, 0.1) is 15.9 Å². The van der Waals surface area contributed by atoms with Crippen molar-refractivity contribution in [2.24, 2.45) is 0 Å². The lowest BCUT2D eigenvalue weighted by Gasteiger charge is -2.13. The monoisotopic (exact) mass is 487 g/mol. The Labute approximate surface area is 167 Å². The van der Waals surface area contributed by atoms with Gasteiger partial charge < -0.3 is 14.6 Å². The fourth-order valence-electron chi connectivity index (χ4n) is 2.09. The average Bonchev–Trinajstić information content (AvgIpc) is 2.82. The molecule has 0 aliphatic carbocycles. The number of carboxylic acids is 1. The Morgan fingerprint density at radius 1 is 1.42 bits per heavy atom. The van der Waals surface area contributed by atoms with Crippen molar-refractivity contribution in [2.75, 3.05) is 19.8 Å². The molecule has 1 aromatic rings. The van der Waals surface area contributed by atoms with Crippen LogP contribution in [-0.4, -0.2) is 46.9 Å². The van der Waals surface area contributed by atoms with Crippen LogP contribution in [0.5, 0.6) is 11.5 Å². The first kappa shape index (κ1) is 20.1. The Morgan fingerprint density at radius 3 is 2.77 bits per heavy atom. The van der Waals surface area contributed by atoms with Crippen molar-refractivity contribution < 1.29 is 29.0 Å². The minimum Gasteiger partial charge on any atom is -0.490 e. The number of imide groups is 1. The Hall–Kier alpha value is -2.19. The van der Waals surface area contributed by atoms with Crippen LogP contribution < -0.4 is 9.47 Å². The lowest BCUT2D eigenvalue weighted by Crippen LogP contribution is -2.28. The molecule has 0 unspecified atom stereocenters. The van der Waals surface area contributed by atoms with Gasteiger partial charge in [0, 0.05) is 0 Å². The predicted molar refractivity (Wildman–Crippen MR) is 105 cm³/mol. The first-order valence-corrected chi connectivity index (χ1v) is 9.26. The zero-order valence-electron chi connectivity index (χ0n) is 13.7. The molecule has 0 atom stereocenters. The second kappa shape index (κ2) is 8.95. The highest BCUT2D eigenvalue weighted by atomic mass is 127. The highest BCUT2D eigenvalue weighted by Gasteiger charge is 2.34. The third-order valence-electron chi connectivity index (χ3n) is 3.09. The Kier molecular flexibility index (Phi) is 6.93. The number of rotatable bonds is 7. The van der Waals surface area contributed by atoms with E-state index in [1.807, 2.05) is 22.6 Å². The summed E-state index contributed by atoms with van der Waals surface area (Å²) >= 11 is 2.80. The molecule has 0 radical (unpaired) electrons. The number of hydrogen-bond acceptors (Lipinski definition) is 6. The van der Waals surface area contributed by atoms with Crippen molar-refractivity contribution in [3.05, 3.63) is 26.2 Å². The molecule has 0 bridgehead atoms. The van der Waals surface area contributed by atoms with Crippen LogP contribution in [0.25, 0.3) is 6.08 Å². The topological polar surface area (TPSA) is 93.1 Å². The number of terminal acetylenes is 1. The van der Waals surface area contributed by atoms with Gasteiger partial charge in [-0.05, 0) is 65.0 Å². The SMILES string of the molecule is C#CCN1C(=O)S/C(=C\c2cc(I)c(OCC(=O)O)c(OCC)c2)C1=O. The van der Waals surface area contributed by atoms with Gasteiger partial charge in [-0.25, -0.2) is 4.79 Å². The molecule has 1 N–H and O–H groups in total. The molecule has 136 valence electrons. The standard InChI is InChI=1S/C17H14INO6S/c1-3-5-19-16(22)13(26-17(19)23)8-10-6-11(18)15(25-9-14(20)21)12(7-10)24-4-2/h1,6-8H,4-5,9H2,2H3,(H,20,21)/b13-8-. The fourth-order valence-corrected chi connectivity index (χ4v) is 3.71. The first-order valence-electron chi connectivity index (χ1n) is 7.37. The second-order valence-corrected chi connectivity index (χ2v) is 7.07. The lowest BCUT2D eigenvalue weighted by atomic mass is 10.2. The van der Waals surface area contributed by atoms with Gasteiger partial charge in [-0.3, -0.25) is 14.5 Å². The van der Waals surface area contributed by atoms with Crippen LogP contribution in [-0.2, 0) is 9.59 Å². The van der Waals surface area contributed by atoms with Gasteiger partial charge in [-0.2, -0.15) is 0 Å². The number of halogens is 1. The van der Waals surface area contributed by atoms with Crippen molar-refractivity contribution in [3.8, 4) is 23.8 Å². The van der Waals surface area contributed by atoms with Crippen LogP contribution >= 0.6 is 34.4 Å². The van der Waals surface area contributed by atoms with Crippen LogP contribution in [0.15, 0.2) is 17.0 Å². The molecule has 26 heavy (non-hydrogen) atoms. The van der Waals surface area contributed by atoms with E-state index < -0.39 is 23.7 Å². The Bertz CT molecular complexity index is 829. The maximum atomic E-state index is 12.2. The normalized spacial score (nSPS) is 15.3. The van der Waals surface area contributed by atoms with E-state index in [0.29, 0.717) is 27.2 Å². The molecule has 9 heteroatoms. The molecule has 0 spiro atoms. The number of carbonyl (C=O) groups is 3. The highest BCUT2D eigenvalue weighted by Crippen LogP contribution is 2.37. The molecule has 7 nitrogen and oxygen atoms in total. The zero-order valence-corrected chi connectivity index (χ0v) is 16.6. The van der Waals surface area contributed by atoms with Crippen LogP contribution in [0.2, 0.25) is 0 Å². The van der Waals surface area contributed by atoms with Crippen molar-refractivity contribution in [1.29, 1.82) is 0 Å². The minimum atomic E-state index is -1.10. The van der Waals surface area contributed by atoms with E-state index in [1.165, 1.54) is 0 Å². The summed E-state index contributed by atoms with van der Waals surface area (Å²) in [5.41, 5.74) is 0.617. The highest BCUT2D eigenvalue weighted by molar-refractivity contribution is 14.1. The number of hydrogen-bond donors (Lipinski definition) is 1. The minimum absolute atomic E-state index is 0.0777. The molecule has 1 saturated heterocycles. The predicted octanol–water partition coefficient (Wildman–Crippen LogP) is 2.82. The number of carbonyl (C=O) groups excluding carboxylic acids is 2. The number of ether oxygens (including phenoxy) is 2. The quantitative estimate of drug-likeness (QED) is 0.359. The molecular weight excluding hydrogens is 473 g/mol. The summed E-state index contributed by atoms with van der Waals surface area (Å²) in [6, 6.07) is 3.33. The van der Waals surface area contributed by atoms with Crippen molar-refractivity contribution in [1.82, 2.24) is 4.90 Å². The molecule has 1 heterocycles.